The van der Waals surface area contributed by atoms with Crippen LogP contribution in [0.4, 0.5) is 0 Å². The standard InChI is InChI=1S/C35H28O8/c1-20(36)40-34(41-21(2)37)30-11-7-5-9-26(30)28-15-13-24(18-32(28)34)17-25-14-16-29-27-10-6-8-12-31(27)35(33(29)19-25,42-22(3)38)43-23(4)39/h5-16,18-19H,17H2,1-4H3. The van der Waals surface area contributed by atoms with E-state index in [0.29, 0.717) is 28.7 Å². The molecule has 0 amide bonds. The maximum atomic E-state index is 12.3. The second kappa shape index (κ2) is 10.2. The smallest absolute Gasteiger partial charge is 0.311 e. The van der Waals surface area contributed by atoms with Gasteiger partial charge in [-0.15, -0.1) is 0 Å². The van der Waals surface area contributed by atoms with Crippen LogP contribution in [0, 0.1) is 0 Å². The maximum Gasteiger partial charge on any atom is 0.311 e. The maximum absolute atomic E-state index is 12.3. The number of hydrogen-bond donors (Lipinski definition) is 0. The molecule has 0 unspecified atom stereocenters. The van der Waals surface area contributed by atoms with Crippen molar-refractivity contribution in [2.75, 3.05) is 0 Å². The summed E-state index contributed by atoms with van der Waals surface area (Å²) in [6.07, 6.45) is 0.416. The van der Waals surface area contributed by atoms with Gasteiger partial charge < -0.3 is 18.9 Å². The number of ether oxygens (including phenoxy) is 4. The van der Waals surface area contributed by atoms with Crippen molar-refractivity contribution >= 4 is 23.9 Å². The van der Waals surface area contributed by atoms with Crippen LogP contribution in [0.15, 0.2) is 84.9 Å². The second-order valence-electron chi connectivity index (χ2n) is 10.6. The van der Waals surface area contributed by atoms with E-state index in [1.54, 1.807) is 24.3 Å². The van der Waals surface area contributed by atoms with Gasteiger partial charge in [0.15, 0.2) is 0 Å². The molecule has 0 saturated heterocycles. The van der Waals surface area contributed by atoms with E-state index in [0.717, 1.165) is 33.4 Å². The van der Waals surface area contributed by atoms with Crippen molar-refractivity contribution in [1.82, 2.24) is 0 Å². The Morgan fingerprint density at radius 1 is 0.465 bits per heavy atom. The molecule has 4 aromatic rings. The van der Waals surface area contributed by atoms with Crippen LogP contribution in [-0.2, 0) is 56.1 Å². The highest BCUT2D eigenvalue weighted by Crippen LogP contribution is 2.52. The van der Waals surface area contributed by atoms with E-state index in [1.807, 2.05) is 60.7 Å². The third kappa shape index (κ3) is 4.55. The molecule has 0 radical (unpaired) electrons. The molecule has 0 N–H and O–H groups in total. The third-order valence-electron chi connectivity index (χ3n) is 7.58. The Labute approximate surface area is 248 Å². The van der Waals surface area contributed by atoms with E-state index in [2.05, 4.69) is 0 Å². The molecular weight excluding hydrogens is 548 g/mol. The molecule has 6 rings (SSSR count). The van der Waals surface area contributed by atoms with E-state index in [4.69, 9.17) is 18.9 Å². The van der Waals surface area contributed by atoms with Crippen LogP contribution in [0.5, 0.6) is 0 Å². The molecule has 0 spiro atoms. The van der Waals surface area contributed by atoms with Crippen molar-refractivity contribution in [2.24, 2.45) is 0 Å². The Balaban J connectivity index is 1.46. The highest BCUT2D eigenvalue weighted by molar-refractivity contribution is 5.84. The summed E-state index contributed by atoms with van der Waals surface area (Å²) < 4.78 is 23.1. The molecule has 0 aromatic heterocycles. The molecule has 2 aliphatic carbocycles. The van der Waals surface area contributed by atoms with Gasteiger partial charge in [0.1, 0.15) is 0 Å². The first-order chi connectivity index (χ1) is 20.5. The number of carbonyl (C=O) groups is 4. The second-order valence-corrected chi connectivity index (χ2v) is 10.6. The molecule has 0 atom stereocenters. The predicted molar refractivity (Wildman–Crippen MR) is 155 cm³/mol. The molecule has 8 heteroatoms. The van der Waals surface area contributed by atoms with E-state index in [1.165, 1.54) is 27.7 Å². The zero-order valence-corrected chi connectivity index (χ0v) is 24.1. The number of rotatable bonds is 6. The lowest BCUT2D eigenvalue weighted by atomic mass is 9.94. The number of hydrogen-bond acceptors (Lipinski definition) is 8. The molecule has 0 fully saturated rings. The van der Waals surface area contributed by atoms with Crippen LogP contribution < -0.4 is 0 Å². The minimum absolute atomic E-state index is 0.416. The van der Waals surface area contributed by atoms with Gasteiger partial charge in [-0.2, -0.15) is 0 Å². The molecule has 216 valence electrons. The Morgan fingerprint density at radius 3 is 1.14 bits per heavy atom. The van der Waals surface area contributed by atoms with Crippen molar-refractivity contribution in [3.63, 3.8) is 0 Å². The van der Waals surface area contributed by atoms with Gasteiger partial charge in [0.2, 0.25) is 0 Å². The topological polar surface area (TPSA) is 105 Å². The Morgan fingerprint density at radius 2 is 0.791 bits per heavy atom. The summed E-state index contributed by atoms with van der Waals surface area (Å²) in [4.78, 5) is 49.2. The lowest BCUT2D eigenvalue weighted by Crippen LogP contribution is -2.36. The molecule has 2 aliphatic rings. The number of carbonyl (C=O) groups excluding carboxylic acids is 4. The van der Waals surface area contributed by atoms with Gasteiger partial charge in [-0.25, -0.2) is 0 Å². The SMILES string of the molecule is CC(=O)OC1(OC(C)=O)c2ccccc2-c2ccc(Cc3ccc4c(c3)C(OC(C)=O)(OC(C)=O)c3ccccc3-4)cc21. The summed E-state index contributed by atoms with van der Waals surface area (Å²) in [6.45, 7) is 5.10. The predicted octanol–water partition coefficient (Wildman–Crippen LogP) is 5.89. The molecular formula is C35H28O8. The first-order valence-electron chi connectivity index (χ1n) is 13.8. The number of benzene rings is 4. The lowest BCUT2D eigenvalue weighted by molar-refractivity contribution is -0.216. The van der Waals surface area contributed by atoms with Crippen LogP contribution in [0.2, 0.25) is 0 Å². The molecule has 0 aliphatic heterocycles. The van der Waals surface area contributed by atoms with Crippen molar-refractivity contribution in [3.05, 3.63) is 118 Å². The zero-order chi connectivity index (χ0) is 30.5. The van der Waals surface area contributed by atoms with Crippen LogP contribution in [0.3, 0.4) is 0 Å². The summed E-state index contributed by atoms with van der Waals surface area (Å²) in [5.41, 5.74) is 7.07. The van der Waals surface area contributed by atoms with Crippen LogP contribution in [0.25, 0.3) is 22.3 Å². The van der Waals surface area contributed by atoms with Gasteiger partial charge >= 0.3 is 35.5 Å². The molecule has 0 bridgehead atoms. The third-order valence-corrected chi connectivity index (χ3v) is 7.58. The first kappa shape index (κ1) is 27.9. The summed E-state index contributed by atoms with van der Waals surface area (Å²) >= 11 is 0. The first-order valence-corrected chi connectivity index (χ1v) is 13.8. The average Bonchev–Trinajstić information content (AvgIpc) is 3.34. The fourth-order valence-corrected chi connectivity index (χ4v) is 6.24. The monoisotopic (exact) mass is 576 g/mol. The van der Waals surface area contributed by atoms with Crippen LogP contribution in [0.1, 0.15) is 61.1 Å². The number of fused-ring (bicyclic) bond motifs is 6. The summed E-state index contributed by atoms with van der Waals surface area (Å²) in [7, 11) is 0. The van der Waals surface area contributed by atoms with Gasteiger partial charge in [-0.3, -0.25) is 19.2 Å². The van der Waals surface area contributed by atoms with Crippen LogP contribution >= 0.6 is 0 Å². The Hall–Kier alpha value is -5.24. The van der Waals surface area contributed by atoms with Gasteiger partial charge in [0.25, 0.3) is 0 Å². The van der Waals surface area contributed by atoms with E-state index in [9.17, 15) is 19.2 Å². The summed E-state index contributed by atoms with van der Waals surface area (Å²) in [5.74, 6) is -5.84. The van der Waals surface area contributed by atoms with Gasteiger partial charge in [-0.05, 0) is 51.9 Å². The lowest BCUT2D eigenvalue weighted by Gasteiger charge is -2.30. The van der Waals surface area contributed by atoms with E-state index in [-0.39, 0.29) is 0 Å². The van der Waals surface area contributed by atoms with Gasteiger partial charge in [0.05, 0.1) is 0 Å². The molecule has 43 heavy (non-hydrogen) atoms. The Kier molecular flexibility index (Phi) is 6.64. The molecule has 4 aromatic carbocycles. The van der Waals surface area contributed by atoms with Crippen molar-refractivity contribution in [1.29, 1.82) is 0 Å². The quantitative estimate of drug-likeness (QED) is 0.207. The van der Waals surface area contributed by atoms with Crippen LogP contribution in [-0.4, -0.2) is 23.9 Å². The summed E-state index contributed by atoms with van der Waals surface area (Å²) in [6, 6.07) is 26.2. The zero-order valence-electron chi connectivity index (χ0n) is 24.1. The molecule has 8 nitrogen and oxygen atoms in total. The van der Waals surface area contributed by atoms with E-state index >= 15 is 0 Å². The minimum Gasteiger partial charge on any atom is -0.414 e. The van der Waals surface area contributed by atoms with Gasteiger partial charge in [-0.1, -0.05) is 72.8 Å². The highest BCUT2D eigenvalue weighted by atomic mass is 16.7. The summed E-state index contributed by atoms with van der Waals surface area (Å²) in [5, 5.41) is 0. The number of esters is 4. The fourth-order valence-electron chi connectivity index (χ4n) is 6.24. The average molecular weight is 577 g/mol. The highest BCUT2D eigenvalue weighted by Gasteiger charge is 2.51. The van der Waals surface area contributed by atoms with Crippen molar-refractivity contribution in [2.45, 2.75) is 45.7 Å². The van der Waals surface area contributed by atoms with Crippen molar-refractivity contribution in [3.8, 4) is 22.3 Å². The van der Waals surface area contributed by atoms with E-state index < -0.39 is 35.5 Å². The molecule has 0 saturated carbocycles. The normalized spacial score (nSPS) is 14.4. The Bertz CT molecular complexity index is 1670. The van der Waals surface area contributed by atoms with Gasteiger partial charge in [0, 0.05) is 49.9 Å². The fraction of sp³-hybridized carbons (Fsp3) is 0.200. The minimum atomic E-state index is -1.72. The molecule has 0 heterocycles. The largest absolute Gasteiger partial charge is 0.414 e. The van der Waals surface area contributed by atoms with Crippen molar-refractivity contribution < 1.29 is 38.1 Å².